The van der Waals surface area contributed by atoms with Crippen LogP contribution in [0.25, 0.3) is 11.1 Å². The zero-order valence-electron chi connectivity index (χ0n) is 13.3. The Balaban J connectivity index is 1.74. The largest absolute Gasteiger partial charge is 0.419 e. The number of nitrogens with two attached hydrogens (primary N) is 1. The predicted octanol–water partition coefficient (Wildman–Crippen LogP) is 1.27. The van der Waals surface area contributed by atoms with Gasteiger partial charge in [-0.2, -0.15) is 15.0 Å². The molecule has 132 valence electrons. The Kier molecular flexibility index (Phi) is 4.24. The fourth-order valence-electron chi connectivity index (χ4n) is 2.52. The summed E-state index contributed by atoms with van der Waals surface area (Å²) in [7, 11) is 0. The highest BCUT2D eigenvalue weighted by Crippen LogP contribution is 2.20. The minimum Gasteiger partial charge on any atom is -0.407 e. The summed E-state index contributed by atoms with van der Waals surface area (Å²) in [5.41, 5.74) is 6.08. The van der Waals surface area contributed by atoms with Crippen LogP contribution in [0.2, 0.25) is 0 Å². The maximum absolute atomic E-state index is 12.1. The number of fused-ring (bicyclic) bond motifs is 1. The van der Waals surface area contributed by atoms with Crippen molar-refractivity contribution in [2.45, 2.75) is 19.4 Å². The van der Waals surface area contributed by atoms with Gasteiger partial charge in [0, 0.05) is 19.0 Å². The summed E-state index contributed by atoms with van der Waals surface area (Å²) >= 11 is 0. The third-order valence-electron chi connectivity index (χ3n) is 3.80. The van der Waals surface area contributed by atoms with Gasteiger partial charge in [-0.1, -0.05) is 0 Å². The number of rotatable bonds is 5. The molecule has 0 spiro atoms. The molecule has 0 aliphatic rings. The lowest BCUT2D eigenvalue weighted by Gasteiger charge is -2.04. The van der Waals surface area contributed by atoms with Crippen molar-refractivity contribution >= 4 is 28.5 Å². The molecule has 3 rings (SSSR count). The maximum atomic E-state index is 12.1. The Morgan fingerprint density at radius 1 is 1.46 bits per heavy atom. The number of hydrogen-bond donors (Lipinski definition) is 1. The summed E-state index contributed by atoms with van der Waals surface area (Å²) in [6, 6.07) is 5.69. The summed E-state index contributed by atoms with van der Waals surface area (Å²) in [6.07, 6.45) is 1.52. The summed E-state index contributed by atoms with van der Waals surface area (Å²) < 4.78 is 7.25. The van der Waals surface area contributed by atoms with Gasteiger partial charge in [0.1, 0.15) is 17.5 Å². The molecule has 0 radical (unpaired) electrons. The zero-order valence-corrected chi connectivity index (χ0v) is 13.3. The van der Waals surface area contributed by atoms with Gasteiger partial charge in [-0.15, -0.1) is 0 Å². The second kappa shape index (κ2) is 6.52. The third-order valence-corrected chi connectivity index (χ3v) is 3.80. The topological polar surface area (TPSA) is 163 Å². The van der Waals surface area contributed by atoms with Crippen LogP contribution in [-0.4, -0.2) is 25.2 Å². The molecule has 26 heavy (non-hydrogen) atoms. The van der Waals surface area contributed by atoms with E-state index >= 15 is 0 Å². The van der Waals surface area contributed by atoms with Gasteiger partial charge in [-0.3, -0.25) is 19.5 Å². The van der Waals surface area contributed by atoms with Crippen LogP contribution in [0.5, 0.6) is 0 Å². The second-order valence-electron chi connectivity index (χ2n) is 5.39. The quantitative estimate of drug-likeness (QED) is 0.527. The average molecular weight is 356 g/mol. The van der Waals surface area contributed by atoms with Crippen molar-refractivity contribution < 1.29 is 14.1 Å². The number of anilines is 1. The van der Waals surface area contributed by atoms with Crippen LogP contribution in [0.3, 0.4) is 0 Å². The first-order valence-electron chi connectivity index (χ1n) is 7.47. The molecule has 2 N–H and O–H groups in total. The molecule has 0 saturated heterocycles. The SMILES string of the molecule is N#Cc1cnn(C(=O)CCCn2c(=O)oc3cc([N+](=O)[O-])ccc32)c1N. The lowest BCUT2D eigenvalue weighted by atomic mass is 10.2. The molecule has 0 atom stereocenters. The molecule has 11 nitrogen and oxygen atoms in total. The molecule has 0 bridgehead atoms. The highest BCUT2D eigenvalue weighted by Gasteiger charge is 2.16. The highest BCUT2D eigenvalue weighted by molar-refractivity contribution is 5.82. The first kappa shape index (κ1) is 16.9. The number of benzene rings is 1. The first-order chi connectivity index (χ1) is 12.4. The lowest BCUT2D eigenvalue weighted by molar-refractivity contribution is -0.384. The van der Waals surface area contributed by atoms with Gasteiger partial charge < -0.3 is 10.2 Å². The molecule has 0 unspecified atom stereocenters. The summed E-state index contributed by atoms with van der Waals surface area (Å²) in [6.45, 7) is 0.168. The van der Waals surface area contributed by atoms with E-state index in [1.165, 1.54) is 29.0 Å². The number of nitro benzene ring substituents is 1. The Bertz CT molecular complexity index is 1120. The van der Waals surface area contributed by atoms with E-state index in [2.05, 4.69) is 5.10 Å². The number of hydrogen-bond acceptors (Lipinski definition) is 8. The van der Waals surface area contributed by atoms with Gasteiger partial charge in [0.25, 0.3) is 5.69 Å². The predicted molar refractivity (Wildman–Crippen MR) is 88.3 cm³/mol. The zero-order chi connectivity index (χ0) is 18.8. The van der Waals surface area contributed by atoms with Crippen molar-refractivity contribution in [2.24, 2.45) is 0 Å². The average Bonchev–Trinajstić information content (AvgIpc) is 3.13. The van der Waals surface area contributed by atoms with Crippen molar-refractivity contribution in [2.75, 3.05) is 5.73 Å². The van der Waals surface area contributed by atoms with E-state index in [4.69, 9.17) is 15.4 Å². The van der Waals surface area contributed by atoms with E-state index < -0.39 is 16.6 Å². The van der Waals surface area contributed by atoms with Gasteiger partial charge >= 0.3 is 5.76 Å². The molecular formula is C15H12N6O5. The van der Waals surface area contributed by atoms with E-state index in [-0.39, 0.29) is 42.0 Å². The van der Waals surface area contributed by atoms with Crippen LogP contribution in [0.1, 0.15) is 23.2 Å². The minimum atomic E-state index is -0.668. The molecule has 0 aliphatic heterocycles. The number of aromatic nitrogens is 3. The van der Waals surface area contributed by atoms with Gasteiger partial charge in [-0.05, 0) is 12.5 Å². The van der Waals surface area contributed by atoms with Crippen molar-refractivity contribution in [1.29, 1.82) is 5.26 Å². The molecule has 0 aliphatic carbocycles. The second-order valence-corrected chi connectivity index (χ2v) is 5.39. The smallest absolute Gasteiger partial charge is 0.407 e. The van der Waals surface area contributed by atoms with Crippen LogP contribution in [0.15, 0.2) is 33.6 Å². The number of carbonyl (C=O) groups is 1. The number of nitrogen functional groups attached to an aromatic ring is 1. The van der Waals surface area contributed by atoms with Crippen LogP contribution >= 0.6 is 0 Å². The molecule has 0 saturated carbocycles. The molecular weight excluding hydrogens is 344 g/mol. The maximum Gasteiger partial charge on any atom is 0.419 e. The van der Waals surface area contributed by atoms with Crippen molar-refractivity contribution in [3.05, 3.63) is 50.6 Å². The molecule has 0 fully saturated rings. The highest BCUT2D eigenvalue weighted by atomic mass is 16.6. The lowest BCUT2D eigenvalue weighted by Crippen LogP contribution is -2.18. The van der Waals surface area contributed by atoms with Gasteiger partial charge in [-0.25, -0.2) is 4.79 Å². The number of aryl methyl sites for hydroxylation is 1. The standard InChI is InChI=1S/C15H12N6O5/c16-7-9-8-18-20(14(9)17)13(22)2-1-5-19-11-4-3-10(21(24)25)6-12(11)26-15(19)23/h3-4,6,8H,1-2,5,17H2. The summed E-state index contributed by atoms with van der Waals surface area (Å²) in [5, 5.41) is 23.4. The fourth-order valence-corrected chi connectivity index (χ4v) is 2.52. The minimum absolute atomic E-state index is 0.0306. The van der Waals surface area contributed by atoms with Crippen molar-refractivity contribution in [3.63, 3.8) is 0 Å². The monoisotopic (exact) mass is 356 g/mol. The van der Waals surface area contributed by atoms with Crippen LogP contribution in [0, 0.1) is 21.4 Å². The van der Waals surface area contributed by atoms with Crippen LogP contribution < -0.4 is 11.5 Å². The summed E-state index contributed by atoms with van der Waals surface area (Å²) in [4.78, 5) is 34.2. The number of nitro groups is 1. The van der Waals surface area contributed by atoms with Gasteiger partial charge in [0.15, 0.2) is 5.58 Å². The number of oxazole rings is 1. The number of non-ortho nitro benzene ring substituents is 1. The van der Waals surface area contributed by atoms with E-state index in [0.717, 1.165) is 4.68 Å². The van der Waals surface area contributed by atoms with Crippen LogP contribution in [-0.2, 0) is 6.54 Å². The van der Waals surface area contributed by atoms with E-state index in [1.807, 2.05) is 6.07 Å². The Morgan fingerprint density at radius 2 is 2.23 bits per heavy atom. The molecule has 1 aromatic carbocycles. The summed E-state index contributed by atoms with van der Waals surface area (Å²) in [5.74, 6) is -1.12. The van der Waals surface area contributed by atoms with Crippen molar-refractivity contribution in [3.8, 4) is 6.07 Å². The first-order valence-corrected chi connectivity index (χ1v) is 7.47. The van der Waals surface area contributed by atoms with Crippen LogP contribution in [0.4, 0.5) is 11.5 Å². The Hall–Kier alpha value is -3.94. The van der Waals surface area contributed by atoms with Gasteiger partial charge in [0.05, 0.1) is 22.7 Å². The fraction of sp³-hybridized carbons (Fsp3) is 0.200. The van der Waals surface area contributed by atoms with E-state index in [1.54, 1.807) is 0 Å². The Morgan fingerprint density at radius 3 is 2.88 bits per heavy atom. The molecule has 2 heterocycles. The third kappa shape index (κ3) is 2.91. The molecule has 2 aromatic heterocycles. The number of carbonyl (C=O) groups excluding carboxylic acids is 1. The molecule has 11 heteroatoms. The number of nitriles is 1. The van der Waals surface area contributed by atoms with E-state index in [9.17, 15) is 19.7 Å². The Labute approximate surface area is 145 Å². The van der Waals surface area contributed by atoms with Gasteiger partial charge in [0.2, 0.25) is 5.91 Å². The molecule has 3 aromatic rings. The molecule has 0 amide bonds. The van der Waals surface area contributed by atoms with Crippen molar-refractivity contribution in [1.82, 2.24) is 14.3 Å². The number of nitrogens with zero attached hydrogens (tertiary/aromatic N) is 5. The normalized spacial score (nSPS) is 10.7. The van der Waals surface area contributed by atoms with E-state index in [0.29, 0.717) is 5.52 Å².